The van der Waals surface area contributed by atoms with E-state index in [-0.39, 0.29) is 11.6 Å². The fourth-order valence-electron chi connectivity index (χ4n) is 1.95. The molecule has 0 aliphatic carbocycles. The third-order valence-corrected chi connectivity index (χ3v) is 4.20. The van der Waals surface area contributed by atoms with Crippen LogP contribution in [0.15, 0.2) is 52.3 Å². The van der Waals surface area contributed by atoms with Crippen LogP contribution < -0.4 is 0 Å². The number of carbonyl (C=O) groups excluding carboxylic acids is 1. The van der Waals surface area contributed by atoms with Gasteiger partial charge in [-0.05, 0) is 30.7 Å². The molecule has 5 nitrogen and oxygen atoms in total. The van der Waals surface area contributed by atoms with Crippen LogP contribution in [0.25, 0.3) is 0 Å². The van der Waals surface area contributed by atoms with Gasteiger partial charge in [-0.25, -0.2) is 0 Å². The lowest BCUT2D eigenvalue weighted by Crippen LogP contribution is -2.22. The van der Waals surface area contributed by atoms with Crippen LogP contribution in [0.4, 0.5) is 5.69 Å². The first-order valence-corrected chi connectivity index (χ1v) is 7.45. The summed E-state index contributed by atoms with van der Waals surface area (Å²) in [5.41, 5.74) is 1.41. The van der Waals surface area contributed by atoms with E-state index in [1.807, 2.05) is 19.1 Å². The van der Waals surface area contributed by atoms with Gasteiger partial charge in [0, 0.05) is 25.1 Å². The van der Waals surface area contributed by atoms with Crippen molar-refractivity contribution in [3.8, 4) is 0 Å². The third kappa shape index (κ3) is 3.46. The number of aryl methyl sites for hydroxylation is 1. The fourth-order valence-corrected chi connectivity index (χ4v) is 2.97. The van der Waals surface area contributed by atoms with Gasteiger partial charge in [-0.3, -0.25) is 14.9 Å². The minimum absolute atomic E-state index is 0.0529. The van der Waals surface area contributed by atoms with Crippen molar-refractivity contribution in [2.24, 2.45) is 0 Å². The van der Waals surface area contributed by atoms with E-state index in [0.29, 0.717) is 15.4 Å². The molecular formula is C16H16N2O3S. The molecule has 2 aromatic rings. The zero-order valence-corrected chi connectivity index (χ0v) is 13.4. The summed E-state index contributed by atoms with van der Waals surface area (Å²) in [6, 6.07) is 12.2. The molecule has 0 fully saturated rings. The van der Waals surface area contributed by atoms with Gasteiger partial charge in [-0.1, -0.05) is 30.0 Å². The van der Waals surface area contributed by atoms with Crippen LogP contribution in [0.5, 0.6) is 0 Å². The summed E-state index contributed by atoms with van der Waals surface area (Å²) in [7, 11) is 3.36. The van der Waals surface area contributed by atoms with Gasteiger partial charge in [-0.2, -0.15) is 0 Å². The summed E-state index contributed by atoms with van der Waals surface area (Å²) < 4.78 is 0. The topological polar surface area (TPSA) is 63.5 Å². The number of hydrogen-bond acceptors (Lipinski definition) is 4. The SMILES string of the molecule is Cc1ccc(Sc2ccccc2C(=O)N(C)C)c([N+](=O)[O-])c1. The number of benzene rings is 2. The van der Waals surface area contributed by atoms with Crippen molar-refractivity contribution >= 4 is 23.4 Å². The molecule has 0 unspecified atom stereocenters. The lowest BCUT2D eigenvalue weighted by atomic mass is 10.2. The van der Waals surface area contributed by atoms with Gasteiger partial charge in [0.15, 0.2) is 0 Å². The maximum absolute atomic E-state index is 12.2. The zero-order chi connectivity index (χ0) is 16.3. The van der Waals surface area contributed by atoms with Gasteiger partial charge in [0.25, 0.3) is 11.6 Å². The summed E-state index contributed by atoms with van der Waals surface area (Å²) in [6.07, 6.45) is 0. The van der Waals surface area contributed by atoms with E-state index >= 15 is 0 Å². The lowest BCUT2D eigenvalue weighted by molar-refractivity contribution is -0.387. The monoisotopic (exact) mass is 316 g/mol. The molecule has 6 heteroatoms. The van der Waals surface area contributed by atoms with Crippen molar-refractivity contribution in [1.82, 2.24) is 4.90 Å². The summed E-state index contributed by atoms with van der Waals surface area (Å²) in [6.45, 7) is 1.81. The number of carbonyl (C=O) groups is 1. The van der Waals surface area contributed by atoms with Crippen LogP contribution in [0, 0.1) is 17.0 Å². The van der Waals surface area contributed by atoms with E-state index < -0.39 is 4.92 Å². The molecule has 0 spiro atoms. The van der Waals surface area contributed by atoms with Crippen molar-refractivity contribution in [2.75, 3.05) is 14.1 Å². The molecule has 0 bridgehead atoms. The number of nitrogens with zero attached hydrogens (tertiary/aromatic N) is 2. The molecule has 0 saturated carbocycles. The summed E-state index contributed by atoms with van der Waals surface area (Å²) >= 11 is 1.23. The molecule has 0 aromatic heterocycles. The van der Waals surface area contributed by atoms with E-state index in [4.69, 9.17) is 0 Å². The predicted octanol–water partition coefficient (Wildman–Crippen LogP) is 3.76. The first kappa shape index (κ1) is 16.0. The van der Waals surface area contributed by atoms with E-state index in [1.54, 1.807) is 44.4 Å². The molecule has 2 rings (SSSR count). The Morgan fingerprint density at radius 2 is 1.82 bits per heavy atom. The molecule has 0 aliphatic rings. The van der Waals surface area contributed by atoms with Crippen LogP contribution in [0.1, 0.15) is 15.9 Å². The Morgan fingerprint density at radius 3 is 2.45 bits per heavy atom. The minimum Gasteiger partial charge on any atom is -0.345 e. The van der Waals surface area contributed by atoms with E-state index in [2.05, 4.69) is 0 Å². The lowest BCUT2D eigenvalue weighted by Gasteiger charge is -2.13. The summed E-state index contributed by atoms with van der Waals surface area (Å²) in [4.78, 5) is 25.7. The molecule has 0 aliphatic heterocycles. The molecule has 1 amide bonds. The highest BCUT2D eigenvalue weighted by atomic mass is 32.2. The normalized spacial score (nSPS) is 10.3. The second kappa shape index (κ2) is 6.62. The number of nitro groups is 1. The van der Waals surface area contributed by atoms with Gasteiger partial charge in [0.2, 0.25) is 0 Å². The number of rotatable bonds is 4. The van der Waals surface area contributed by atoms with Crippen molar-refractivity contribution in [3.05, 3.63) is 63.7 Å². The van der Waals surface area contributed by atoms with Crippen molar-refractivity contribution in [2.45, 2.75) is 16.7 Å². The third-order valence-electron chi connectivity index (χ3n) is 3.05. The second-order valence-corrected chi connectivity index (χ2v) is 6.11. The maximum Gasteiger partial charge on any atom is 0.283 e. The highest BCUT2D eigenvalue weighted by molar-refractivity contribution is 7.99. The van der Waals surface area contributed by atoms with Crippen LogP contribution in [0.2, 0.25) is 0 Å². The quantitative estimate of drug-likeness (QED) is 0.636. The van der Waals surface area contributed by atoms with Gasteiger partial charge >= 0.3 is 0 Å². The zero-order valence-electron chi connectivity index (χ0n) is 12.6. The Bertz CT molecular complexity index is 729. The standard InChI is InChI=1S/C16H16N2O3S/c1-11-8-9-15(13(10-11)18(20)21)22-14-7-5-4-6-12(14)16(19)17(2)3/h4-10H,1-3H3. The average molecular weight is 316 g/mol. The molecule has 0 radical (unpaired) electrons. The molecular weight excluding hydrogens is 300 g/mol. The number of nitro benzene ring substituents is 1. The molecule has 0 saturated heterocycles. The van der Waals surface area contributed by atoms with Crippen LogP contribution in [-0.4, -0.2) is 29.8 Å². The first-order chi connectivity index (χ1) is 10.4. The Hall–Kier alpha value is -2.34. The molecule has 22 heavy (non-hydrogen) atoms. The Kier molecular flexibility index (Phi) is 4.82. The van der Waals surface area contributed by atoms with E-state index in [1.165, 1.54) is 16.7 Å². The molecule has 0 heterocycles. The van der Waals surface area contributed by atoms with Gasteiger partial charge < -0.3 is 4.90 Å². The van der Waals surface area contributed by atoms with Gasteiger partial charge in [0.05, 0.1) is 15.4 Å². The van der Waals surface area contributed by atoms with Crippen LogP contribution >= 0.6 is 11.8 Å². The Labute approximate surface area is 133 Å². The highest BCUT2D eigenvalue weighted by Gasteiger charge is 2.19. The first-order valence-electron chi connectivity index (χ1n) is 6.63. The predicted molar refractivity (Wildman–Crippen MR) is 86.4 cm³/mol. The molecule has 0 N–H and O–H groups in total. The average Bonchev–Trinajstić information content (AvgIpc) is 2.48. The molecule has 2 aromatic carbocycles. The smallest absolute Gasteiger partial charge is 0.283 e. The van der Waals surface area contributed by atoms with E-state index in [0.717, 1.165) is 5.56 Å². The van der Waals surface area contributed by atoms with Crippen molar-refractivity contribution in [1.29, 1.82) is 0 Å². The second-order valence-electron chi connectivity index (χ2n) is 5.03. The molecule has 114 valence electrons. The van der Waals surface area contributed by atoms with Gasteiger partial charge in [-0.15, -0.1) is 0 Å². The Balaban J connectivity index is 2.44. The number of hydrogen-bond donors (Lipinski definition) is 0. The highest BCUT2D eigenvalue weighted by Crippen LogP contribution is 2.37. The van der Waals surface area contributed by atoms with E-state index in [9.17, 15) is 14.9 Å². The largest absolute Gasteiger partial charge is 0.345 e. The number of amides is 1. The Morgan fingerprint density at radius 1 is 1.14 bits per heavy atom. The van der Waals surface area contributed by atoms with Gasteiger partial charge in [0.1, 0.15) is 0 Å². The minimum atomic E-state index is -0.397. The van der Waals surface area contributed by atoms with Crippen molar-refractivity contribution in [3.63, 3.8) is 0 Å². The maximum atomic E-state index is 12.2. The van der Waals surface area contributed by atoms with Crippen molar-refractivity contribution < 1.29 is 9.72 Å². The summed E-state index contributed by atoms with van der Waals surface area (Å²) in [5, 5.41) is 11.2. The fraction of sp³-hybridized carbons (Fsp3) is 0.188. The van der Waals surface area contributed by atoms with Crippen LogP contribution in [-0.2, 0) is 0 Å². The molecule has 0 atom stereocenters. The van der Waals surface area contributed by atoms with Crippen LogP contribution in [0.3, 0.4) is 0 Å². The summed E-state index contributed by atoms with van der Waals surface area (Å²) in [5.74, 6) is -0.127.